The molecule has 0 unspecified atom stereocenters. The number of ether oxygens (including phenoxy) is 1. The average molecular weight is 237 g/mol. The van der Waals surface area contributed by atoms with Crippen LogP contribution in [-0.2, 0) is 18.4 Å². The van der Waals surface area contributed by atoms with Crippen LogP contribution in [0.15, 0.2) is 6.07 Å². The number of nitrogens with one attached hydrogen (secondary N) is 1. The van der Waals surface area contributed by atoms with E-state index in [0.29, 0.717) is 5.75 Å². The van der Waals surface area contributed by atoms with Crippen LogP contribution in [0.4, 0.5) is 4.39 Å². The van der Waals surface area contributed by atoms with Gasteiger partial charge in [0.05, 0.1) is 7.11 Å². The lowest BCUT2D eigenvalue weighted by Gasteiger charge is -2.29. The second-order valence-corrected chi connectivity index (χ2v) is 5.57. The highest BCUT2D eigenvalue weighted by Gasteiger charge is 2.26. The Morgan fingerprint density at radius 2 is 2.00 bits per heavy atom. The van der Waals surface area contributed by atoms with E-state index in [9.17, 15) is 4.39 Å². The summed E-state index contributed by atoms with van der Waals surface area (Å²) in [7, 11) is 1.53. The average Bonchev–Trinajstić information content (AvgIpc) is 2.28. The van der Waals surface area contributed by atoms with Crippen molar-refractivity contribution in [2.75, 3.05) is 13.7 Å². The molecule has 0 fully saturated rings. The lowest BCUT2D eigenvalue weighted by Crippen LogP contribution is -2.28. The van der Waals surface area contributed by atoms with Crippen molar-refractivity contribution in [2.24, 2.45) is 0 Å². The highest BCUT2D eigenvalue weighted by Crippen LogP contribution is 2.35. The standard InChI is InChI=1S/C14H20FNO/c1-14(2,3)11-7-12(17-4)13(15)9-5-6-16-8-10(9)11/h7,16H,5-6,8H2,1-4H3. The Balaban J connectivity index is 2.67. The summed E-state index contributed by atoms with van der Waals surface area (Å²) in [6.45, 7) is 8.03. The van der Waals surface area contributed by atoms with E-state index < -0.39 is 0 Å². The summed E-state index contributed by atoms with van der Waals surface area (Å²) in [4.78, 5) is 0. The van der Waals surface area contributed by atoms with Crippen molar-refractivity contribution in [3.8, 4) is 5.75 Å². The van der Waals surface area contributed by atoms with Crippen molar-refractivity contribution in [3.63, 3.8) is 0 Å². The number of hydrogen-bond acceptors (Lipinski definition) is 2. The molecule has 1 heterocycles. The molecular formula is C14H20FNO. The number of rotatable bonds is 1. The lowest BCUT2D eigenvalue weighted by atomic mass is 9.80. The maximum Gasteiger partial charge on any atom is 0.168 e. The van der Waals surface area contributed by atoms with Crippen molar-refractivity contribution < 1.29 is 9.13 Å². The van der Waals surface area contributed by atoms with Gasteiger partial charge in [0, 0.05) is 6.54 Å². The molecule has 0 saturated heterocycles. The van der Waals surface area contributed by atoms with Gasteiger partial charge in [0.25, 0.3) is 0 Å². The molecule has 0 aliphatic carbocycles. The molecule has 0 bridgehead atoms. The van der Waals surface area contributed by atoms with Gasteiger partial charge in [-0.2, -0.15) is 0 Å². The van der Waals surface area contributed by atoms with Crippen molar-refractivity contribution in [1.29, 1.82) is 0 Å². The Morgan fingerprint density at radius 3 is 2.59 bits per heavy atom. The molecule has 2 rings (SSSR count). The first-order valence-corrected chi connectivity index (χ1v) is 6.04. The van der Waals surface area contributed by atoms with E-state index in [1.54, 1.807) is 0 Å². The molecule has 0 radical (unpaired) electrons. The van der Waals surface area contributed by atoms with Crippen molar-refractivity contribution >= 4 is 0 Å². The van der Waals surface area contributed by atoms with Gasteiger partial charge in [-0.05, 0) is 41.1 Å². The molecule has 0 atom stereocenters. The minimum atomic E-state index is -0.183. The summed E-state index contributed by atoms with van der Waals surface area (Å²) in [5, 5.41) is 3.31. The highest BCUT2D eigenvalue weighted by molar-refractivity contribution is 5.47. The largest absolute Gasteiger partial charge is 0.494 e. The molecule has 0 amide bonds. The summed E-state index contributed by atoms with van der Waals surface area (Å²) in [6, 6.07) is 1.85. The predicted molar refractivity (Wildman–Crippen MR) is 67.1 cm³/mol. The molecule has 1 aliphatic rings. The topological polar surface area (TPSA) is 21.3 Å². The zero-order valence-corrected chi connectivity index (χ0v) is 11.0. The second-order valence-electron chi connectivity index (χ2n) is 5.57. The van der Waals surface area contributed by atoms with E-state index in [-0.39, 0.29) is 11.2 Å². The number of halogens is 1. The van der Waals surface area contributed by atoms with Gasteiger partial charge in [-0.3, -0.25) is 0 Å². The Bertz CT molecular complexity index is 435. The number of fused-ring (bicyclic) bond motifs is 1. The predicted octanol–water partition coefficient (Wildman–Crippen LogP) is 2.78. The first kappa shape index (κ1) is 12.4. The first-order chi connectivity index (χ1) is 7.95. The molecule has 1 aromatic carbocycles. The fraction of sp³-hybridized carbons (Fsp3) is 0.571. The van der Waals surface area contributed by atoms with Gasteiger partial charge in [-0.15, -0.1) is 0 Å². The van der Waals surface area contributed by atoms with E-state index in [0.717, 1.165) is 30.6 Å². The van der Waals surface area contributed by atoms with Crippen molar-refractivity contribution in [1.82, 2.24) is 5.32 Å². The van der Waals surface area contributed by atoms with Crippen LogP contribution in [0.3, 0.4) is 0 Å². The Hall–Kier alpha value is -1.09. The molecule has 3 heteroatoms. The van der Waals surface area contributed by atoms with E-state index in [4.69, 9.17) is 4.74 Å². The van der Waals surface area contributed by atoms with Crippen LogP contribution in [0.1, 0.15) is 37.5 Å². The molecule has 0 saturated carbocycles. The minimum absolute atomic E-state index is 0.00405. The van der Waals surface area contributed by atoms with Crippen LogP contribution in [0.25, 0.3) is 0 Å². The number of hydrogen-bond donors (Lipinski definition) is 1. The highest BCUT2D eigenvalue weighted by atomic mass is 19.1. The summed E-state index contributed by atoms with van der Waals surface area (Å²) in [5.74, 6) is 0.188. The molecule has 17 heavy (non-hydrogen) atoms. The third-order valence-electron chi connectivity index (χ3n) is 3.33. The van der Waals surface area contributed by atoms with Crippen molar-refractivity contribution in [2.45, 2.75) is 39.2 Å². The molecule has 1 N–H and O–H groups in total. The molecule has 1 aliphatic heterocycles. The van der Waals surface area contributed by atoms with Gasteiger partial charge in [0.15, 0.2) is 11.6 Å². The zero-order valence-electron chi connectivity index (χ0n) is 11.0. The summed E-state index contributed by atoms with van der Waals surface area (Å²) < 4.78 is 19.3. The van der Waals surface area contributed by atoms with Crippen molar-refractivity contribution in [3.05, 3.63) is 28.6 Å². The molecule has 1 aromatic rings. The first-order valence-electron chi connectivity index (χ1n) is 6.04. The van der Waals surface area contributed by atoms with E-state index in [2.05, 4.69) is 26.1 Å². The van der Waals surface area contributed by atoms with E-state index >= 15 is 0 Å². The van der Waals surface area contributed by atoms with Gasteiger partial charge < -0.3 is 10.1 Å². The quantitative estimate of drug-likeness (QED) is 0.811. The summed E-state index contributed by atoms with van der Waals surface area (Å²) >= 11 is 0. The minimum Gasteiger partial charge on any atom is -0.494 e. The monoisotopic (exact) mass is 237 g/mol. The van der Waals surface area contributed by atoms with Gasteiger partial charge in [-0.1, -0.05) is 20.8 Å². The maximum absolute atomic E-state index is 14.2. The fourth-order valence-corrected chi connectivity index (χ4v) is 2.43. The van der Waals surface area contributed by atoms with Crippen LogP contribution < -0.4 is 10.1 Å². The van der Waals surface area contributed by atoms with Crippen LogP contribution >= 0.6 is 0 Å². The SMILES string of the molecule is COc1cc(C(C)(C)C)c2c(c1F)CCNC2. The molecular weight excluding hydrogens is 217 g/mol. The van der Waals surface area contributed by atoms with Gasteiger partial charge in [0.2, 0.25) is 0 Å². The van der Waals surface area contributed by atoms with Crippen LogP contribution in [0.2, 0.25) is 0 Å². The molecule has 2 nitrogen and oxygen atoms in total. The maximum atomic E-state index is 14.2. The second kappa shape index (κ2) is 4.30. The molecule has 94 valence electrons. The third-order valence-corrected chi connectivity index (χ3v) is 3.33. The fourth-order valence-electron chi connectivity index (χ4n) is 2.43. The Kier molecular flexibility index (Phi) is 3.13. The summed E-state index contributed by atoms with van der Waals surface area (Å²) in [6.07, 6.45) is 0.738. The third kappa shape index (κ3) is 2.16. The van der Waals surface area contributed by atoms with Crippen LogP contribution in [0.5, 0.6) is 5.75 Å². The molecule has 0 aromatic heterocycles. The Morgan fingerprint density at radius 1 is 1.29 bits per heavy atom. The molecule has 0 spiro atoms. The van der Waals surface area contributed by atoms with E-state index in [1.165, 1.54) is 12.7 Å². The smallest absolute Gasteiger partial charge is 0.168 e. The number of benzene rings is 1. The summed E-state index contributed by atoms with van der Waals surface area (Å²) in [5.41, 5.74) is 3.12. The zero-order chi connectivity index (χ0) is 12.6. The van der Waals surface area contributed by atoms with Gasteiger partial charge in [-0.25, -0.2) is 4.39 Å². The van der Waals surface area contributed by atoms with Crippen LogP contribution in [0, 0.1) is 5.82 Å². The normalized spacial score (nSPS) is 15.6. The number of methoxy groups -OCH3 is 1. The Labute approximate surface area is 102 Å². The van der Waals surface area contributed by atoms with Gasteiger partial charge in [0.1, 0.15) is 0 Å². The van der Waals surface area contributed by atoms with Gasteiger partial charge >= 0.3 is 0 Å². The lowest BCUT2D eigenvalue weighted by molar-refractivity contribution is 0.379. The van der Waals surface area contributed by atoms with Crippen LogP contribution in [-0.4, -0.2) is 13.7 Å². The van der Waals surface area contributed by atoms with E-state index in [1.807, 2.05) is 6.07 Å².